The maximum absolute atomic E-state index is 12.6. The molecule has 0 aliphatic rings. The number of esters is 1. The Morgan fingerprint density at radius 2 is 1.42 bits per heavy atom. The number of carbonyl (C=O) groups is 2. The lowest BCUT2D eigenvalue weighted by Crippen LogP contribution is -2.33. The molecule has 3 aromatic rings. The van der Waals surface area contributed by atoms with Crippen LogP contribution in [0.25, 0.3) is 0 Å². The summed E-state index contributed by atoms with van der Waals surface area (Å²) in [6.45, 7) is -0.625. The molecule has 3 aromatic carbocycles. The van der Waals surface area contributed by atoms with Crippen molar-refractivity contribution in [3.63, 3.8) is 0 Å². The number of nitro benzene ring substituents is 1. The lowest BCUT2D eigenvalue weighted by Gasteiger charge is -2.20. The van der Waals surface area contributed by atoms with Crippen molar-refractivity contribution in [2.24, 2.45) is 0 Å². The van der Waals surface area contributed by atoms with E-state index in [1.807, 2.05) is 60.7 Å². The van der Waals surface area contributed by atoms with Gasteiger partial charge in [-0.15, -0.1) is 0 Å². The minimum atomic E-state index is -1.03. The number of hydrogen-bond acceptors (Lipinski definition) is 7. The van der Waals surface area contributed by atoms with Gasteiger partial charge in [0.1, 0.15) is 5.56 Å². The summed E-state index contributed by atoms with van der Waals surface area (Å²) in [4.78, 5) is 35.9. The Kier molecular flexibility index (Phi) is 7.59. The van der Waals surface area contributed by atoms with Crippen molar-refractivity contribution < 1.29 is 28.7 Å². The van der Waals surface area contributed by atoms with Crippen molar-refractivity contribution >= 4 is 17.6 Å². The summed E-state index contributed by atoms with van der Waals surface area (Å²) in [5, 5.41) is 14.3. The molecule has 9 nitrogen and oxygen atoms in total. The first-order valence-electron chi connectivity index (χ1n) is 9.91. The van der Waals surface area contributed by atoms with Gasteiger partial charge in [-0.1, -0.05) is 60.7 Å². The molecule has 0 heterocycles. The van der Waals surface area contributed by atoms with E-state index in [1.54, 1.807) is 0 Å². The average molecular weight is 450 g/mol. The zero-order chi connectivity index (χ0) is 23.8. The molecule has 0 radical (unpaired) electrons. The standard InChI is InChI=1S/C24H22N2O7/c1-31-20-13-18(19(26(29)30)14-21(20)32-2)24(28)33-15-22(27)25-23(16-9-5-3-6-10-16)17-11-7-4-8-12-17/h3-14,23H,15H2,1-2H3,(H,25,27). The topological polar surface area (TPSA) is 117 Å². The molecule has 0 aliphatic heterocycles. The van der Waals surface area contributed by atoms with Crippen LogP contribution >= 0.6 is 0 Å². The number of carbonyl (C=O) groups excluding carboxylic acids is 2. The fraction of sp³-hybridized carbons (Fsp3) is 0.167. The zero-order valence-electron chi connectivity index (χ0n) is 18.0. The van der Waals surface area contributed by atoms with Crippen molar-refractivity contribution in [1.29, 1.82) is 0 Å². The molecule has 0 fully saturated rings. The van der Waals surface area contributed by atoms with E-state index in [0.29, 0.717) is 0 Å². The summed E-state index contributed by atoms with van der Waals surface area (Å²) >= 11 is 0. The highest BCUT2D eigenvalue weighted by molar-refractivity contribution is 5.96. The Balaban J connectivity index is 1.76. The Hall–Kier alpha value is -4.40. The molecule has 3 rings (SSSR count). The number of benzene rings is 3. The molecular formula is C24H22N2O7. The second-order valence-electron chi connectivity index (χ2n) is 6.88. The van der Waals surface area contributed by atoms with E-state index in [1.165, 1.54) is 14.2 Å². The number of hydrogen-bond donors (Lipinski definition) is 1. The minimum absolute atomic E-state index is 0.0899. The molecule has 0 bridgehead atoms. The van der Waals surface area contributed by atoms with Gasteiger partial charge in [-0.25, -0.2) is 4.79 Å². The molecule has 0 aromatic heterocycles. The number of rotatable bonds is 9. The molecule has 1 N–H and O–H groups in total. The third kappa shape index (κ3) is 5.65. The Morgan fingerprint density at radius 3 is 1.91 bits per heavy atom. The van der Waals surface area contributed by atoms with Crippen molar-refractivity contribution in [3.8, 4) is 11.5 Å². The maximum atomic E-state index is 12.6. The highest BCUT2D eigenvalue weighted by Crippen LogP contribution is 2.34. The second kappa shape index (κ2) is 10.8. The van der Waals surface area contributed by atoms with Gasteiger partial charge < -0.3 is 19.5 Å². The second-order valence-corrected chi connectivity index (χ2v) is 6.88. The summed E-state index contributed by atoms with van der Waals surface area (Å²) in [7, 11) is 2.65. The summed E-state index contributed by atoms with van der Waals surface area (Å²) in [6, 6.07) is 20.4. The van der Waals surface area contributed by atoms with Gasteiger partial charge >= 0.3 is 5.97 Å². The monoisotopic (exact) mass is 450 g/mol. The SMILES string of the molecule is COc1cc(C(=O)OCC(=O)NC(c2ccccc2)c2ccccc2)c([N+](=O)[O-])cc1OC. The van der Waals surface area contributed by atoms with Gasteiger partial charge in [0.05, 0.1) is 31.3 Å². The van der Waals surface area contributed by atoms with Crippen LogP contribution in [0.15, 0.2) is 72.8 Å². The van der Waals surface area contributed by atoms with Crippen LogP contribution in [0.4, 0.5) is 5.69 Å². The number of methoxy groups -OCH3 is 2. The quantitative estimate of drug-likeness (QED) is 0.300. The van der Waals surface area contributed by atoms with Crippen LogP contribution in [-0.2, 0) is 9.53 Å². The molecule has 33 heavy (non-hydrogen) atoms. The smallest absolute Gasteiger partial charge is 0.345 e. The van der Waals surface area contributed by atoms with Crippen LogP contribution < -0.4 is 14.8 Å². The number of nitrogens with zero attached hydrogens (tertiary/aromatic N) is 1. The summed E-state index contributed by atoms with van der Waals surface area (Å²) in [6.07, 6.45) is 0. The van der Waals surface area contributed by atoms with Crippen molar-refractivity contribution in [3.05, 3.63) is 99.6 Å². The zero-order valence-corrected chi connectivity index (χ0v) is 18.0. The minimum Gasteiger partial charge on any atom is -0.493 e. The first kappa shape index (κ1) is 23.3. The fourth-order valence-electron chi connectivity index (χ4n) is 3.24. The highest BCUT2D eigenvalue weighted by atomic mass is 16.6. The number of nitro groups is 1. The molecule has 170 valence electrons. The van der Waals surface area contributed by atoms with Crippen LogP contribution in [0.3, 0.4) is 0 Å². The van der Waals surface area contributed by atoms with Crippen LogP contribution in [-0.4, -0.2) is 37.6 Å². The molecule has 0 aliphatic carbocycles. The van der Waals surface area contributed by atoms with E-state index in [0.717, 1.165) is 23.3 Å². The molecule has 1 amide bonds. The molecule has 0 saturated carbocycles. The Labute approximate surface area is 190 Å². The average Bonchev–Trinajstić information content (AvgIpc) is 2.85. The van der Waals surface area contributed by atoms with Crippen molar-refractivity contribution in [2.75, 3.05) is 20.8 Å². The van der Waals surface area contributed by atoms with Crippen LogP contribution in [0, 0.1) is 10.1 Å². The van der Waals surface area contributed by atoms with Gasteiger partial charge in [-0.2, -0.15) is 0 Å². The first-order valence-corrected chi connectivity index (χ1v) is 9.91. The van der Waals surface area contributed by atoms with E-state index in [-0.39, 0.29) is 17.1 Å². The molecule has 0 spiro atoms. The van der Waals surface area contributed by atoms with Gasteiger partial charge in [0, 0.05) is 6.07 Å². The van der Waals surface area contributed by atoms with E-state index in [9.17, 15) is 19.7 Å². The molecule has 9 heteroatoms. The normalized spacial score (nSPS) is 10.4. The third-order valence-corrected chi connectivity index (χ3v) is 4.82. The summed E-state index contributed by atoms with van der Waals surface area (Å²) in [5.41, 5.74) is 0.815. The van der Waals surface area contributed by atoms with Crippen LogP contribution in [0.1, 0.15) is 27.5 Å². The number of ether oxygens (including phenoxy) is 3. The lowest BCUT2D eigenvalue weighted by atomic mass is 9.99. The first-order chi connectivity index (χ1) is 15.9. The lowest BCUT2D eigenvalue weighted by molar-refractivity contribution is -0.385. The van der Waals surface area contributed by atoms with Gasteiger partial charge in [0.2, 0.25) is 0 Å². The molecule has 0 saturated heterocycles. The van der Waals surface area contributed by atoms with Crippen molar-refractivity contribution in [1.82, 2.24) is 5.32 Å². The Bertz CT molecular complexity index is 1090. The predicted octanol–water partition coefficient (Wildman–Crippen LogP) is 3.67. The third-order valence-electron chi connectivity index (χ3n) is 4.82. The molecule has 0 atom stereocenters. The maximum Gasteiger partial charge on any atom is 0.345 e. The van der Waals surface area contributed by atoms with Crippen LogP contribution in [0.2, 0.25) is 0 Å². The molecular weight excluding hydrogens is 428 g/mol. The summed E-state index contributed by atoms with van der Waals surface area (Å²) in [5.74, 6) is -1.39. The molecule has 0 unspecified atom stereocenters. The van der Waals surface area contributed by atoms with Gasteiger partial charge in [-0.05, 0) is 11.1 Å². The summed E-state index contributed by atoms with van der Waals surface area (Å²) < 4.78 is 15.2. The number of amides is 1. The van der Waals surface area contributed by atoms with E-state index in [4.69, 9.17) is 14.2 Å². The Morgan fingerprint density at radius 1 is 0.909 bits per heavy atom. The van der Waals surface area contributed by atoms with Crippen LogP contribution in [0.5, 0.6) is 11.5 Å². The van der Waals surface area contributed by atoms with E-state index in [2.05, 4.69) is 5.32 Å². The predicted molar refractivity (Wildman–Crippen MR) is 119 cm³/mol. The largest absolute Gasteiger partial charge is 0.493 e. The fourth-order valence-corrected chi connectivity index (χ4v) is 3.24. The van der Waals surface area contributed by atoms with Gasteiger partial charge in [0.25, 0.3) is 11.6 Å². The van der Waals surface area contributed by atoms with Gasteiger partial charge in [-0.3, -0.25) is 14.9 Å². The van der Waals surface area contributed by atoms with E-state index >= 15 is 0 Å². The van der Waals surface area contributed by atoms with Gasteiger partial charge in [0.15, 0.2) is 18.1 Å². The number of nitrogens with one attached hydrogen (secondary N) is 1. The highest BCUT2D eigenvalue weighted by Gasteiger charge is 2.26. The van der Waals surface area contributed by atoms with E-state index < -0.39 is 35.1 Å². The van der Waals surface area contributed by atoms with Crippen molar-refractivity contribution in [2.45, 2.75) is 6.04 Å².